The molecule has 0 fully saturated rings. The van der Waals surface area contributed by atoms with Crippen LogP contribution in [0, 0.1) is 0 Å². The van der Waals surface area contributed by atoms with Crippen LogP contribution < -0.4 is 5.32 Å². The number of carbonyl (C=O) groups is 1. The van der Waals surface area contributed by atoms with E-state index in [4.69, 9.17) is 11.6 Å². The third-order valence-electron chi connectivity index (χ3n) is 3.18. The van der Waals surface area contributed by atoms with Gasteiger partial charge >= 0.3 is 0 Å². The normalized spacial score (nSPS) is 12.4. The van der Waals surface area contributed by atoms with Crippen molar-refractivity contribution in [2.45, 2.75) is 6.04 Å². The second-order valence-corrected chi connectivity index (χ2v) is 6.97. The zero-order valence-electron chi connectivity index (χ0n) is 11.8. The van der Waals surface area contributed by atoms with Crippen molar-refractivity contribution in [1.29, 1.82) is 0 Å². The minimum Gasteiger partial charge on any atom is -0.350 e. The van der Waals surface area contributed by atoms with Gasteiger partial charge in [-0.25, -0.2) is 0 Å². The second kappa shape index (κ2) is 7.40. The highest BCUT2D eigenvalue weighted by atomic mass is 79.9. The van der Waals surface area contributed by atoms with Gasteiger partial charge in [-0.3, -0.25) is 4.79 Å². The summed E-state index contributed by atoms with van der Waals surface area (Å²) in [4.78, 5) is 14.4. The maximum Gasteiger partial charge on any atom is 0.252 e. The third-order valence-corrected chi connectivity index (χ3v) is 4.70. The molecule has 1 unspecified atom stereocenters. The number of halogens is 2. The van der Waals surface area contributed by atoms with Crippen LogP contribution >= 0.6 is 38.9 Å². The first-order valence-electron chi connectivity index (χ1n) is 6.41. The molecule has 1 heterocycles. The summed E-state index contributed by atoms with van der Waals surface area (Å²) in [6, 6.07) is 7.47. The Balaban J connectivity index is 2.07. The molecule has 1 aromatic carbocycles. The molecular weight excluding hydrogens is 372 g/mol. The number of hydrogen-bond donors (Lipinski definition) is 1. The first kappa shape index (κ1) is 16.5. The molecule has 0 aliphatic carbocycles. The zero-order chi connectivity index (χ0) is 15.4. The smallest absolute Gasteiger partial charge is 0.252 e. The highest BCUT2D eigenvalue weighted by Gasteiger charge is 2.17. The number of likely N-dealkylation sites (N-methyl/N-ethyl adjacent to an activating group) is 1. The van der Waals surface area contributed by atoms with Crippen molar-refractivity contribution in [2.75, 3.05) is 20.6 Å². The molecule has 0 saturated carbocycles. The van der Waals surface area contributed by atoms with Crippen molar-refractivity contribution in [3.05, 3.63) is 55.6 Å². The second-order valence-electron chi connectivity index (χ2n) is 4.87. The van der Waals surface area contributed by atoms with Gasteiger partial charge in [0.15, 0.2) is 0 Å². The Labute approximate surface area is 142 Å². The lowest BCUT2D eigenvalue weighted by Gasteiger charge is -2.24. The number of thiophene rings is 1. The molecule has 1 aromatic heterocycles. The molecule has 0 saturated heterocycles. The predicted octanol–water partition coefficient (Wildman–Crippen LogP) is 4.20. The minimum absolute atomic E-state index is 0.145. The van der Waals surface area contributed by atoms with Gasteiger partial charge < -0.3 is 10.2 Å². The Bertz CT molecular complexity index is 616. The Hall–Kier alpha value is -0.880. The molecule has 0 aliphatic heterocycles. The lowest BCUT2D eigenvalue weighted by molar-refractivity contribution is 0.0942. The van der Waals surface area contributed by atoms with Crippen LogP contribution in [0.5, 0.6) is 0 Å². The van der Waals surface area contributed by atoms with Gasteiger partial charge in [0.25, 0.3) is 5.91 Å². The summed E-state index contributed by atoms with van der Waals surface area (Å²) in [7, 11) is 4.00. The van der Waals surface area contributed by atoms with E-state index in [1.54, 1.807) is 23.5 Å². The van der Waals surface area contributed by atoms with E-state index in [1.165, 1.54) is 5.56 Å². The van der Waals surface area contributed by atoms with E-state index >= 15 is 0 Å². The van der Waals surface area contributed by atoms with Crippen molar-refractivity contribution in [3.8, 4) is 0 Å². The number of amides is 1. The quantitative estimate of drug-likeness (QED) is 0.834. The van der Waals surface area contributed by atoms with E-state index < -0.39 is 0 Å². The van der Waals surface area contributed by atoms with Gasteiger partial charge in [-0.2, -0.15) is 11.3 Å². The fourth-order valence-corrected chi connectivity index (χ4v) is 3.29. The molecule has 3 nitrogen and oxygen atoms in total. The van der Waals surface area contributed by atoms with Crippen molar-refractivity contribution in [2.24, 2.45) is 0 Å². The Morgan fingerprint density at radius 2 is 2.19 bits per heavy atom. The van der Waals surface area contributed by atoms with Gasteiger partial charge in [-0.1, -0.05) is 27.5 Å². The summed E-state index contributed by atoms with van der Waals surface area (Å²) in [6.07, 6.45) is 0. The summed E-state index contributed by atoms with van der Waals surface area (Å²) in [5.74, 6) is -0.164. The average molecular weight is 388 g/mol. The monoisotopic (exact) mass is 386 g/mol. The lowest BCUT2D eigenvalue weighted by atomic mass is 10.1. The van der Waals surface area contributed by atoms with Crippen LogP contribution in [0.4, 0.5) is 0 Å². The van der Waals surface area contributed by atoms with Crippen LogP contribution in [0.2, 0.25) is 5.02 Å². The summed E-state index contributed by atoms with van der Waals surface area (Å²) in [6.45, 7) is 0.533. The molecule has 0 bridgehead atoms. The highest BCUT2D eigenvalue weighted by molar-refractivity contribution is 9.10. The molecule has 0 radical (unpaired) electrons. The SMILES string of the molecule is CN(C)C(CNC(=O)c1cc(Br)ccc1Cl)c1ccsc1. The van der Waals surface area contributed by atoms with Gasteiger partial charge in [0.1, 0.15) is 0 Å². The van der Waals surface area contributed by atoms with Crippen LogP contribution in [0.25, 0.3) is 0 Å². The molecule has 112 valence electrons. The fourth-order valence-electron chi connectivity index (χ4n) is 2.02. The Kier molecular flexibility index (Phi) is 5.81. The Morgan fingerprint density at radius 1 is 1.43 bits per heavy atom. The molecule has 21 heavy (non-hydrogen) atoms. The largest absolute Gasteiger partial charge is 0.350 e. The summed E-state index contributed by atoms with van der Waals surface area (Å²) < 4.78 is 0.832. The zero-order valence-corrected chi connectivity index (χ0v) is 14.9. The standard InChI is InChI=1S/C15H16BrClN2OS/c1-19(2)14(10-5-6-21-9-10)8-18-15(20)12-7-11(16)3-4-13(12)17/h3-7,9,14H,8H2,1-2H3,(H,18,20). The van der Waals surface area contributed by atoms with E-state index in [0.717, 1.165) is 4.47 Å². The molecule has 2 aromatic rings. The van der Waals surface area contributed by atoms with Crippen LogP contribution in [0.1, 0.15) is 22.0 Å². The van der Waals surface area contributed by atoms with Gasteiger partial charge in [0.2, 0.25) is 0 Å². The summed E-state index contributed by atoms with van der Waals surface area (Å²) in [5, 5.41) is 7.55. The molecule has 2 rings (SSSR count). The minimum atomic E-state index is -0.164. The molecule has 1 N–H and O–H groups in total. The van der Waals surface area contributed by atoms with Crippen molar-refractivity contribution >= 4 is 44.8 Å². The maximum atomic E-state index is 12.3. The average Bonchev–Trinajstić information content (AvgIpc) is 2.95. The van der Waals surface area contributed by atoms with Crippen LogP contribution in [0.3, 0.4) is 0 Å². The van der Waals surface area contributed by atoms with Crippen molar-refractivity contribution in [3.63, 3.8) is 0 Å². The van der Waals surface area contributed by atoms with Gasteiger partial charge in [-0.05, 0) is 54.7 Å². The third kappa shape index (κ3) is 4.30. The summed E-state index contributed by atoms with van der Waals surface area (Å²) in [5.41, 5.74) is 1.68. The number of carbonyl (C=O) groups excluding carboxylic acids is 1. The lowest BCUT2D eigenvalue weighted by Crippen LogP contribution is -2.34. The first-order chi connectivity index (χ1) is 9.99. The van der Waals surface area contributed by atoms with Crippen LogP contribution in [-0.2, 0) is 0 Å². The van der Waals surface area contributed by atoms with Crippen molar-refractivity contribution < 1.29 is 4.79 Å². The number of nitrogens with zero attached hydrogens (tertiary/aromatic N) is 1. The molecular formula is C15H16BrClN2OS. The van der Waals surface area contributed by atoms with E-state index in [-0.39, 0.29) is 11.9 Å². The number of benzene rings is 1. The molecule has 0 aliphatic rings. The van der Waals surface area contributed by atoms with E-state index in [2.05, 4.69) is 37.6 Å². The number of hydrogen-bond acceptors (Lipinski definition) is 3. The predicted molar refractivity (Wildman–Crippen MR) is 92.2 cm³/mol. The molecule has 0 spiro atoms. The maximum absolute atomic E-state index is 12.3. The molecule has 6 heteroatoms. The molecule has 1 atom stereocenters. The highest BCUT2D eigenvalue weighted by Crippen LogP contribution is 2.22. The van der Waals surface area contributed by atoms with Gasteiger partial charge in [0.05, 0.1) is 16.6 Å². The summed E-state index contributed by atoms with van der Waals surface area (Å²) >= 11 is 11.1. The van der Waals surface area contributed by atoms with Crippen LogP contribution in [0.15, 0.2) is 39.5 Å². The molecule has 1 amide bonds. The van der Waals surface area contributed by atoms with Gasteiger partial charge in [0, 0.05) is 11.0 Å². The van der Waals surface area contributed by atoms with Crippen LogP contribution in [-0.4, -0.2) is 31.4 Å². The van der Waals surface area contributed by atoms with E-state index in [9.17, 15) is 4.79 Å². The van der Waals surface area contributed by atoms with Crippen molar-refractivity contribution in [1.82, 2.24) is 10.2 Å². The number of rotatable bonds is 5. The Morgan fingerprint density at radius 3 is 2.81 bits per heavy atom. The van der Waals surface area contributed by atoms with E-state index in [0.29, 0.717) is 17.1 Å². The topological polar surface area (TPSA) is 32.3 Å². The first-order valence-corrected chi connectivity index (χ1v) is 8.52. The fraction of sp³-hybridized carbons (Fsp3) is 0.267. The number of nitrogens with one attached hydrogen (secondary N) is 1. The van der Waals surface area contributed by atoms with E-state index in [1.807, 2.05) is 25.5 Å². The van der Waals surface area contributed by atoms with Gasteiger partial charge in [-0.15, -0.1) is 0 Å².